The molecule has 12 nitrogen and oxygen atoms in total. The van der Waals surface area contributed by atoms with Crippen molar-refractivity contribution in [2.45, 2.75) is 0 Å². The van der Waals surface area contributed by atoms with Gasteiger partial charge in [-0.1, -0.05) is 285 Å². The number of hydrogen-bond donors (Lipinski definition) is 0. The largest absolute Gasteiger partial charge is 0.307 e. The molecule has 0 atom stereocenters. The van der Waals surface area contributed by atoms with E-state index in [1.54, 1.807) is 0 Å². The third kappa shape index (κ3) is 9.69. The maximum absolute atomic E-state index is 5.97. The van der Waals surface area contributed by atoms with E-state index in [-0.39, 0.29) is 0 Å². The molecule has 0 radical (unpaired) electrons. The molecule has 0 aliphatic heterocycles. The van der Waals surface area contributed by atoms with Crippen molar-refractivity contribution in [2.75, 3.05) is 0 Å². The molecule has 0 bridgehead atoms. The number of fused-ring (bicyclic) bond motifs is 24. The fourth-order valence-electron chi connectivity index (χ4n) is 19.6. The van der Waals surface area contributed by atoms with Crippen LogP contribution in [0.4, 0.5) is 0 Å². The summed E-state index contributed by atoms with van der Waals surface area (Å²) in [5.41, 5.74) is 20.1. The Kier molecular flexibility index (Phi) is 14.0. The number of benzene rings is 18. The van der Waals surface area contributed by atoms with E-state index >= 15 is 0 Å². The molecule has 0 saturated carbocycles. The molecule has 8 aromatic heterocycles. The van der Waals surface area contributed by atoms with Crippen molar-refractivity contribution in [3.8, 4) is 80.2 Å². The molecule has 8 heterocycles. The molecule has 0 fully saturated rings. The summed E-state index contributed by atoms with van der Waals surface area (Å²) in [5, 5.41) is 19.8. The van der Waals surface area contributed by atoms with Gasteiger partial charge >= 0.3 is 0 Å². The lowest BCUT2D eigenvalue weighted by molar-refractivity contribution is 0.893. The second-order valence-corrected chi connectivity index (χ2v) is 31.3. The van der Waals surface area contributed by atoms with Gasteiger partial charge in [-0.25, -0.2) is 4.98 Å². The Labute approximate surface area is 684 Å². The molecular weight excluding hydrogens is 1470 g/mol. The van der Waals surface area contributed by atoms with E-state index in [9.17, 15) is 0 Å². The minimum Gasteiger partial charge on any atom is -0.307 e. The summed E-state index contributed by atoms with van der Waals surface area (Å²) >= 11 is 0. The highest BCUT2D eigenvalue weighted by Crippen LogP contribution is 2.50. The predicted molar refractivity (Wildman–Crippen MR) is 494 cm³/mol. The van der Waals surface area contributed by atoms with Crippen LogP contribution in [0.1, 0.15) is 0 Å². The third-order valence-electron chi connectivity index (χ3n) is 24.8. The lowest BCUT2D eigenvalue weighted by Crippen LogP contribution is -2.11. The minimum absolute atomic E-state index is 0.472. The zero-order chi connectivity index (χ0) is 78.4. The first kappa shape index (κ1) is 65.9. The number of hydrogen-bond acceptors (Lipinski definition) is 6. The van der Waals surface area contributed by atoms with Gasteiger partial charge in [0.05, 0.1) is 66.2 Å². The van der Waals surface area contributed by atoms with Crippen LogP contribution in [0.5, 0.6) is 0 Å². The standard InChI is InChI=1S/C108H64N12/c1-4-30-75(31-5-1)115-90-42-20-14-36-78(90)83-56-58-85-80-38-16-22-44-92(80)118(99(85)97(83)115)106-110-103(71-53-49-65-26-10-12-28-68(65)60-71)109-104(111-106)73-55-51-67-48-52-70(62-74(67)63-73)88-64-89-82-40-18-24-46-94(82)120(101(89)102-96(88)87-41-19-25-47-95(87)117(102)77-34-8-3-9-35-77)108-113-105(72-54-50-66-27-11-13-29-69(66)61-72)112-107(114-108)119-93-45-23-17-39-81(93)86-59-57-84-79-37-15-21-43-91(79)116(98(84)100(86)119)76-32-6-2-7-33-76/h1-64H. The zero-order valence-corrected chi connectivity index (χ0v) is 64.3. The summed E-state index contributed by atoms with van der Waals surface area (Å²) in [5.74, 6) is 3.12. The summed E-state index contributed by atoms with van der Waals surface area (Å²) in [6.45, 7) is 0. The van der Waals surface area contributed by atoms with E-state index in [0.717, 1.165) is 208 Å². The van der Waals surface area contributed by atoms with Crippen LogP contribution in [0, 0.1) is 0 Å². The monoisotopic (exact) mass is 1530 g/mol. The van der Waals surface area contributed by atoms with Crippen LogP contribution in [-0.4, -0.2) is 57.3 Å². The number of para-hydroxylation sites is 9. The molecule has 0 aliphatic rings. The van der Waals surface area contributed by atoms with Crippen LogP contribution < -0.4 is 0 Å². The first-order chi connectivity index (χ1) is 59.5. The van der Waals surface area contributed by atoms with Crippen molar-refractivity contribution in [1.29, 1.82) is 0 Å². The molecule has 556 valence electrons. The number of nitrogens with zero attached hydrogens (tertiary/aromatic N) is 12. The molecule has 120 heavy (non-hydrogen) atoms. The summed E-state index contributed by atoms with van der Waals surface area (Å²) in [6, 6.07) is 140. The van der Waals surface area contributed by atoms with Gasteiger partial charge in [-0.3, -0.25) is 13.7 Å². The van der Waals surface area contributed by atoms with Gasteiger partial charge in [0, 0.05) is 98.4 Å². The first-order valence-corrected chi connectivity index (χ1v) is 40.7. The van der Waals surface area contributed by atoms with Crippen molar-refractivity contribution in [3.05, 3.63) is 388 Å². The van der Waals surface area contributed by atoms with E-state index in [4.69, 9.17) is 29.9 Å². The molecule has 0 amide bonds. The number of rotatable bonds is 10. The third-order valence-corrected chi connectivity index (χ3v) is 24.8. The second kappa shape index (κ2) is 25.5. The van der Waals surface area contributed by atoms with Gasteiger partial charge in [-0.2, -0.15) is 24.9 Å². The smallest absolute Gasteiger partial charge is 0.240 e. The van der Waals surface area contributed by atoms with Crippen LogP contribution in [-0.2, 0) is 0 Å². The second-order valence-electron chi connectivity index (χ2n) is 31.3. The van der Waals surface area contributed by atoms with Gasteiger partial charge in [-0.15, -0.1) is 0 Å². The normalized spacial score (nSPS) is 12.2. The maximum Gasteiger partial charge on any atom is 0.240 e. The highest BCUT2D eigenvalue weighted by Gasteiger charge is 2.31. The minimum atomic E-state index is 0.472. The molecular formula is C108H64N12. The summed E-state index contributed by atoms with van der Waals surface area (Å²) in [7, 11) is 0. The molecule has 26 aromatic rings. The molecule has 0 saturated heterocycles. The Morgan fingerprint density at radius 1 is 0.158 bits per heavy atom. The van der Waals surface area contributed by atoms with E-state index < -0.39 is 0 Å². The Morgan fingerprint density at radius 2 is 0.433 bits per heavy atom. The van der Waals surface area contributed by atoms with Crippen molar-refractivity contribution in [3.63, 3.8) is 0 Å². The highest BCUT2D eigenvalue weighted by atomic mass is 15.3. The molecule has 12 heteroatoms. The molecule has 0 aliphatic carbocycles. The Morgan fingerprint density at radius 3 is 0.850 bits per heavy atom. The van der Waals surface area contributed by atoms with Gasteiger partial charge in [0.1, 0.15) is 0 Å². The average molecular weight is 1530 g/mol. The Hall–Kier alpha value is -16.4. The van der Waals surface area contributed by atoms with Crippen LogP contribution in [0.3, 0.4) is 0 Å². The summed E-state index contributed by atoms with van der Waals surface area (Å²) < 4.78 is 14.2. The predicted octanol–water partition coefficient (Wildman–Crippen LogP) is 26.8. The lowest BCUT2D eigenvalue weighted by Gasteiger charge is -2.16. The highest BCUT2D eigenvalue weighted by molar-refractivity contribution is 6.29. The Bertz CT molecular complexity index is 8870. The van der Waals surface area contributed by atoms with Crippen molar-refractivity contribution in [2.24, 2.45) is 0 Å². The fraction of sp³-hybridized carbons (Fsp3) is 0. The molecule has 0 N–H and O–H groups in total. The topological polar surface area (TPSA) is 107 Å². The first-order valence-electron chi connectivity index (χ1n) is 40.7. The summed E-state index contributed by atoms with van der Waals surface area (Å²) in [4.78, 5) is 34.4. The van der Waals surface area contributed by atoms with Crippen LogP contribution in [0.15, 0.2) is 388 Å². The van der Waals surface area contributed by atoms with Crippen LogP contribution in [0.2, 0.25) is 0 Å². The molecule has 18 aromatic carbocycles. The number of aromatic nitrogens is 12. The molecule has 26 rings (SSSR count). The van der Waals surface area contributed by atoms with Crippen molar-refractivity contribution >= 4 is 163 Å². The van der Waals surface area contributed by atoms with Gasteiger partial charge < -0.3 is 13.7 Å². The maximum atomic E-state index is 5.97. The fourth-order valence-corrected chi connectivity index (χ4v) is 19.6. The van der Waals surface area contributed by atoms with E-state index in [0.29, 0.717) is 35.3 Å². The SMILES string of the molecule is c1ccc(-n2c3ccccc3c3ccc4c5ccccc5n(-c5nc(-c6ccc7ccccc7c6)nc(-c6ccc7ccc(-c8cc9c%10ccccc%10n(-c%10nc(-c%11ccc%12ccccc%12c%11)nc(-n%11c%12ccccc%12c%12ccc%13c%14ccccc%14n(-c%14ccccc%14)c%13c%12%11)n%10)c9c9c8c8ccccc8n9-c8ccccc8)cc7c6)n5)c4c32)cc1. The van der Waals surface area contributed by atoms with Crippen molar-refractivity contribution in [1.82, 2.24) is 57.3 Å². The van der Waals surface area contributed by atoms with Crippen LogP contribution in [0.25, 0.3) is 243 Å². The van der Waals surface area contributed by atoms with Gasteiger partial charge in [0.25, 0.3) is 0 Å². The van der Waals surface area contributed by atoms with Gasteiger partial charge in [-0.05, 0) is 147 Å². The van der Waals surface area contributed by atoms with E-state index in [1.807, 2.05) is 0 Å². The van der Waals surface area contributed by atoms with Gasteiger partial charge in [0.15, 0.2) is 17.5 Å². The average Bonchev–Trinajstić information content (AvgIpc) is 1.53. The molecule has 0 spiro atoms. The van der Waals surface area contributed by atoms with E-state index in [2.05, 4.69) is 416 Å². The van der Waals surface area contributed by atoms with Crippen LogP contribution >= 0.6 is 0 Å². The summed E-state index contributed by atoms with van der Waals surface area (Å²) in [6.07, 6.45) is 0. The van der Waals surface area contributed by atoms with Gasteiger partial charge in [0.2, 0.25) is 17.8 Å². The quantitative estimate of drug-likeness (QED) is 0.135. The molecule has 0 unspecified atom stereocenters. The van der Waals surface area contributed by atoms with E-state index in [1.165, 1.54) is 0 Å². The lowest BCUT2D eigenvalue weighted by atomic mass is 9.94. The van der Waals surface area contributed by atoms with Crippen molar-refractivity contribution < 1.29 is 0 Å². The zero-order valence-electron chi connectivity index (χ0n) is 64.3. The Balaban J connectivity index is 0.725.